The van der Waals surface area contributed by atoms with Gasteiger partial charge in [-0.05, 0) is 49.1 Å². The van der Waals surface area contributed by atoms with Crippen LogP contribution in [0.25, 0.3) is 5.76 Å². The van der Waals surface area contributed by atoms with Crippen molar-refractivity contribution in [3.63, 3.8) is 0 Å². The maximum Gasteiger partial charge on any atom is 0.311 e. The average Bonchev–Trinajstić information content (AvgIpc) is 2.98. The molecule has 3 rings (SSSR count). The number of hydrogen-bond acceptors (Lipinski definition) is 7. The Labute approximate surface area is 184 Å². The van der Waals surface area contributed by atoms with Crippen LogP contribution in [0.5, 0.6) is 11.5 Å². The van der Waals surface area contributed by atoms with E-state index in [0.717, 1.165) is 23.3 Å². The number of nitro benzene ring substituents is 1. The number of aryl methyl sites for hydroxylation is 2. The molecule has 1 atom stereocenters. The minimum absolute atomic E-state index is 0.188. The van der Waals surface area contributed by atoms with E-state index in [1.165, 1.54) is 18.1 Å². The molecular weight excluding hydrogens is 416 g/mol. The fourth-order valence-electron chi connectivity index (χ4n) is 4.10. The summed E-state index contributed by atoms with van der Waals surface area (Å²) in [6, 6.07) is 6.08. The zero-order chi connectivity index (χ0) is 23.7. The number of benzene rings is 2. The number of hydrogen-bond donors (Lipinski definition) is 2. The van der Waals surface area contributed by atoms with Gasteiger partial charge in [0.05, 0.1) is 29.2 Å². The Hall–Kier alpha value is -3.88. The van der Waals surface area contributed by atoms with Gasteiger partial charge in [-0.2, -0.15) is 0 Å². The molecule has 32 heavy (non-hydrogen) atoms. The Morgan fingerprint density at radius 3 is 2.50 bits per heavy atom. The number of ketones is 1. The van der Waals surface area contributed by atoms with Crippen molar-refractivity contribution in [1.29, 1.82) is 0 Å². The third-order valence-corrected chi connectivity index (χ3v) is 5.39. The van der Waals surface area contributed by atoms with E-state index in [1.807, 2.05) is 19.9 Å². The maximum atomic E-state index is 13.0. The van der Waals surface area contributed by atoms with Gasteiger partial charge in [-0.25, -0.2) is 0 Å². The number of likely N-dealkylation sites (tertiary alicyclic amines) is 1. The summed E-state index contributed by atoms with van der Waals surface area (Å²) in [6.45, 7) is 5.63. The van der Waals surface area contributed by atoms with Gasteiger partial charge in [0.25, 0.3) is 11.7 Å². The van der Waals surface area contributed by atoms with E-state index in [0.29, 0.717) is 12.2 Å². The number of aliphatic hydroxyl groups excluding tert-OH is 1. The average molecular weight is 440 g/mol. The molecule has 0 bridgehead atoms. The van der Waals surface area contributed by atoms with E-state index in [9.17, 15) is 29.9 Å². The first kappa shape index (κ1) is 22.8. The Bertz CT molecular complexity index is 1150. The molecule has 1 aliphatic rings. The van der Waals surface area contributed by atoms with Crippen molar-refractivity contribution in [2.75, 3.05) is 13.7 Å². The number of methoxy groups -OCH3 is 1. The van der Waals surface area contributed by atoms with Crippen LogP contribution in [0.15, 0.2) is 35.9 Å². The normalized spacial score (nSPS) is 17.6. The molecule has 168 valence electrons. The summed E-state index contributed by atoms with van der Waals surface area (Å²) >= 11 is 0. The smallest absolute Gasteiger partial charge is 0.311 e. The number of rotatable bonds is 6. The van der Waals surface area contributed by atoms with E-state index in [1.54, 1.807) is 13.0 Å². The summed E-state index contributed by atoms with van der Waals surface area (Å²) < 4.78 is 5.43. The van der Waals surface area contributed by atoms with Crippen LogP contribution in [0.2, 0.25) is 0 Å². The highest BCUT2D eigenvalue weighted by atomic mass is 16.6. The summed E-state index contributed by atoms with van der Waals surface area (Å²) in [7, 11) is 1.44. The lowest BCUT2D eigenvalue weighted by molar-refractivity contribution is -0.385. The predicted octanol–water partition coefficient (Wildman–Crippen LogP) is 3.76. The van der Waals surface area contributed by atoms with Crippen molar-refractivity contribution in [2.45, 2.75) is 33.2 Å². The quantitative estimate of drug-likeness (QED) is 0.230. The van der Waals surface area contributed by atoms with Crippen LogP contribution in [-0.4, -0.2) is 45.4 Å². The second kappa shape index (κ2) is 8.70. The molecule has 9 heteroatoms. The van der Waals surface area contributed by atoms with Crippen LogP contribution < -0.4 is 4.74 Å². The number of amides is 1. The third-order valence-electron chi connectivity index (χ3n) is 5.39. The lowest BCUT2D eigenvalue weighted by atomic mass is 9.93. The van der Waals surface area contributed by atoms with Gasteiger partial charge in [0.2, 0.25) is 0 Å². The molecular formula is C23H24N2O7. The number of phenols is 1. The van der Waals surface area contributed by atoms with E-state index in [4.69, 9.17) is 4.74 Å². The third kappa shape index (κ3) is 3.77. The molecule has 0 aromatic heterocycles. The van der Waals surface area contributed by atoms with Crippen LogP contribution in [0.3, 0.4) is 0 Å². The first-order chi connectivity index (χ1) is 15.1. The topological polar surface area (TPSA) is 130 Å². The van der Waals surface area contributed by atoms with Gasteiger partial charge in [-0.3, -0.25) is 19.7 Å². The number of aromatic hydroxyl groups is 1. The van der Waals surface area contributed by atoms with Crippen LogP contribution >= 0.6 is 0 Å². The maximum absolute atomic E-state index is 13.0. The van der Waals surface area contributed by atoms with Gasteiger partial charge in [-0.15, -0.1) is 0 Å². The SMILES string of the molecule is CCCN1C(=O)C(=O)/C(=C(/O)c2cc(C)cc(C)c2OC)C1c1ccc(O)c([N+](=O)[O-])c1. The standard InChI is InChI=1S/C23H24N2O7/c1-5-8-24-19(14-6-7-17(26)16(11-14)25(30)31)18(21(28)23(24)29)20(27)15-10-12(2)9-13(3)22(15)32-4/h6-7,9-11,19,26-27H,5,8H2,1-4H3/b20-18+. The summed E-state index contributed by atoms with van der Waals surface area (Å²) in [4.78, 5) is 37.7. The van der Waals surface area contributed by atoms with Crippen molar-refractivity contribution in [3.05, 3.63) is 68.3 Å². The lowest BCUT2D eigenvalue weighted by Gasteiger charge is -2.25. The number of nitro groups is 1. The predicted molar refractivity (Wildman–Crippen MR) is 117 cm³/mol. The van der Waals surface area contributed by atoms with Crippen molar-refractivity contribution >= 4 is 23.1 Å². The van der Waals surface area contributed by atoms with Gasteiger partial charge in [-0.1, -0.05) is 19.1 Å². The molecule has 9 nitrogen and oxygen atoms in total. The van der Waals surface area contributed by atoms with Crippen molar-refractivity contribution < 1.29 is 29.5 Å². The van der Waals surface area contributed by atoms with Crippen molar-refractivity contribution in [3.8, 4) is 11.5 Å². The number of aliphatic hydroxyl groups is 1. The van der Waals surface area contributed by atoms with Gasteiger partial charge >= 0.3 is 5.69 Å². The Morgan fingerprint density at radius 1 is 1.22 bits per heavy atom. The number of carbonyl (C=O) groups excluding carboxylic acids is 2. The Balaban J connectivity index is 2.32. The molecule has 1 saturated heterocycles. The Kier molecular flexibility index (Phi) is 6.20. The highest BCUT2D eigenvalue weighted by Crippen LogP contribution is 2.43. The summed E-state index contributed by atoms with van der Waals surface area (Å²) in [5, 5.41) is 32.4. The van der Waals surface area contributed by atoms with E-state index >= 15 is 0 Å². The zero-order valence-corrected chi connectivity index (χ0v) is 18.2. The minimum Gasteiger partial charge on any atom is -0.507 e. The van der Waals surface area contributed by atoms with Gasteiger partial charge in [0.1, 0.15) is 11.5 Å². The van der Waals surface area contributed by atoms with Crippen LogP contribution in [0.4, 0.5) is 5.69 Å². The summed E-state index contributed by atoms with van der Waals surface area (Å²) in [6.07, 6.45) is 0.524. The molecule has 2 N–H and O–H groups in total. The monoisotopic (exact) mass is 440 g/mol. The van der Waals surface area contributed by atoms with Crippen molar-refractivity contribution in [2.24, 2.45) is 0 Å². The number of ether oxygens (including phenoxy) is 1. The zero-order valence-electron chi connectivity index (χ0n) is 18.2. The highest BCUT2D eigenvalue weighted by Gasteiger charge is 2.46. The summed E-state index contributed by atoms with van der Waals surface area (Å²) in [5.41, 5.74) is 1.27. The fraction of sp³-hybridized carbons (Fsp3) is 0.304. The molecule has 1 fully saturated rings. The number of Topliss-reactive ketones (excluding diaryl/α,β-unsaturated/α-hetero) is 1. The molecule has 2 aromatic carbocycles. The van der Waals surface area contributed by atoms with Gasteiger partial charge < -0.3 is 19.8 Å². The van der Waals surface area contributed by atoms with Crippen LogP contribution in [0.1, 0.15) is 41.6 Å². The lowest BCUT2D eigenvalue weighted by Crippen LogP contribution is -2.30. The van der Waals surface area contributed by atoms with Crippen LogP contribution in [-0.2, 0) is 9.59 Å². The molecule has 1 aliphatic heterocycles. The van der Waals surface area contributed by atoms with Crippen LogP contribution in [0, 0.1) is 24.0 Å². The molecule has 0 spiro atoms. The second-order valence-corrected chi connectivity index (χ2v) is 7.66. The second-order valence-electron chi connectivity index (χ2n) is 7.66. The molecule has 0 saturated carbocycles. The summed E-state index contributed by atoms with van der Waals surface area (Å²) in [5.74, 6) is -2.31. The highest BCUT2D eigenvalue weighted by molar-refractivity contribution is 6.46. The number of nitrogens with zero attached hydrogens (tertiary/aromatic N) is 2. The molecule has 2 aromatic rings. The largest absolute Gasteiger partial charge is 0.507 e. The minimum atomic E-state index is -1.06. The molecule has 1 unspecified atom stereocenters. The molecule has 0 aliphatic carbocycles. The van der Waals surface area contributed by atoms with E-state index < -0.39 is 39.9 Å². The number of phenolic OH excluding ortho intramolecular Hbond substituents is 1. The molecule has 1 heterocycles. The fourth-order valence-corrected chi connectivity index (χ4v) is 4.10. The van der Waals surface area contributed by atoms with Gasteiger partial charge in [0, 0.05) is 12.6 Å². The number of carbonyl (C=O) groups is 2. The molecule has 1 amide bonds. The van der Waals surface area contributed by atoms with Gasteiger partial charge in [0.15, 0.2) is 5.75 Å². The van der Waals surface area contributed by atoms with E-state index in [-0.39, 0.29) is 23.2 Å². The van der Waals surface area contributed by atoms with Crippen molar-refractivity contribution in [1.82, 2.24) is 4.90 Å². The first-order valence-electron chi connectivity index (χ1n) is 10.0. The Morgan fingerprint density at radius 2 is 1.91 bits per heavy atom. The first-order valence-corrected chi connectivity index (χ1v) is 10.0. The molecule has 0 radical (unpaired) electrons. The van der Waals surface area contributed by atoms with E-state index in [2.05, 4.69) is 0 Å².